The summed E-state index contributed by atoms with van der Waals surface area (Å²) in [7, 11) is 0. The van der Waals surface area contributed by atoms with E-state index in [4.69, 9.17) is 5.73 Å². The summed E-state index contributed by atoms with van der Waals surface area (Å²) in [6.45, 7) is 1.69. The summed E-state index contributed by atoms with van der Waals surface area (Å²) in [5.74, 6) is 0.208. The van der Waals surface area contributed by atoms with E-state index in [1.807, 2.05) is 0 Å². The predicted molar refractivity (Wildman–Crippen MR) is 91.8 cm³/mol. The molecule has 1 heterocycles. The number of piperidine rings is 1. The van der Waals surface area contributed by atoms with Gasteiger partial charge < -0.3 is 16.0 Å². The van der Waals surface area contributed by atoms with Crippen molar-refractivity contribution in [3.8, 4) is 6.07 Å². The second-order valence-corrected chi connectivity index (χ2v) is 7.20. The molecule has 0 radical (unpaired) electrons. The lowest BCUT2D eigenvalue weighted by molar-refractivity contribution is -0.137. The first-order chi connectivity index (χ1) is 11.6. The van der Waals surface area contributed by atoms with Gasteiger partial charge in [-0.2, -0.15) is 5.26 Å². The molecule has 2 amide bonds. The Balaban J connectivity index is 2.01. The number of nitrogens with two attached hydrogens (primary N) is 1. The number of nitrogens with zero attached hydrogens (tertiary/aromatic N) is 2. The topological polar surface area (TPSA) is 99.2 Å². The number of primary amides is 1. The zero-order valence-corrected chi connectivity index (χ0v) is 14.6. The van der Waals surface area contributed by atoms with E-state index in [-0.39, 0.29) is 18.9 Å². The maximum atomic E-state index is 12.9. The van der Waals surface area contributed by atoms with Gasteiger partial charge in [-0.1, -0.05) is 32.1 Å². The number of rotatable bonds is 7. The molecule has 2 aliphatic rings. The molecule has 0 atom stereocenters. The van der Waals surface area contributed by atoms with Gasteiger partial charge in [-0.15, -0.1) is 0 Å². The summed E-state index contributed by atoms with van der Waals surface area (Å²) in [6.07, 6.45) is 8.95. The highest BCUT2D eigenvalue weighted by Crippen LogP contribution is 2.30. The number of nitrogens with one attached hydrogen (secondary N) is 1. The lowest BCUT2D eigenvalue weighted by Crippen LogP contribution is -2.56. The maximum Gasteiger partial charge on any atom is 0.223 e. The van der Waals surface area contributed by atoms with Crippen molar-refractivity contribution in [3.63, 3.8) is 0 Å². The van der Waals surface area contributed by atoms with Crippen molar-refractivity contribution in [1.82, 2.24) is 10.2 Å². The Morgan fingerprint density at radius 1 is 1.17 bits per heavy atom. The first-order valence-corrected chi connectivity index (χ1v) is 9.28. The van der Waals surface area contributed by atoms with Crippen LogP contribution in [0, 0.1) is 17.2 Å². The molecular weight excluding hydrogens is 304 g/mol. The molecule has 6 nitrogen and oxygen atoms in total. The Morgan fingerprint density at radius 2 is 1.83 bits per heavy atom. The van der Waals surface area contributed by atoms with Crippen molar-refractivity contribution in [2.24, 2.45) is 11.7 Å². The average molecular weight is 334 g/mol. The molecule has 2 rings (SSSR count). The van der Waals surface area contributed by atoms with Crippen LogP contribution in [0.2, 0.25) is 0 Å². The quantitative estimate of drug-likeness (QED) is 0.740. The van der Waals surface area contributed by atoms with Crippen molar-refractivity contribution in [1.29, 1.82) is 5.26 Å². The second kappa shape index (κ2) is 9.03. The fourth-order valence-corrected chi connectivity index (χ4v) is 4.02. The van der Waals surface area contributed by atoms with Crippen LogP contribution in [0.4, 0.5) is 0 Å². The molecule has 134 valence electrons. The lowest BCUT2D eigenvalue weighted by Gasteiger charge is -2.41. The third-order valence-corrected chi connectivity index (χ3v) is 5.53. The van der Waals surface area contributed by atoms with Gasteiger partial charge in [-0.05, 0) is 38.3 Å². The number of carbonyl (C=O) groups is 2. The third kappa shape index (κ3) is 4.94. The van der Waals surface area contributed by atoms with Gasteiger partial charge in [0.05, 0.1) is 6.07 Å². The van der Waals surface area contributed by atoms with E-state index < -0.39 is 11.4 Å². The van der Waals surface area contributed by atoms with E-state index in [9.17, 15) is 14.9 Å². The van der Waals surface area contributed by atoms with Gasteiger partial charge >= 0.3 is 0 Å². The maximum absolute atomic E-state index is 12.9. The van der Waals surface area contributed by atoms with Crippen LogP contribution in [0.25, 0.3) is 0 Å². The largest absolute Gasteiger partial charge is 0.370 e. The molecule has 3 N–H and O–H groups in total. The molecule has 0 spiro atoms. The van der Waals surface area contributed by atoms with Gasteiger partial charge in [-0.25, -0.2) is 0 Å². The van der Waals surface area contributed by atoms with Gasteiger partial charge in [0.1, 0.15) is 5.54 Å². The van der Waals surface area contributed by atoms with E-state index in [2.05, 4.69) is 11.4 Å². The van der Waals surface area contributed by atoms with E-state index in [1.165, 1.54) is 32.1 Å². The lowest BCUT2D eigenvalue weighted by atomic mass is 9.84. The average Bonchev–Trinajstić information content (AvgIpc) is 2.61. The van der Waals surface area contributed by atoms with Crippen LogP contribution in [0.1, 0.15) is 64.2 Å². The second-order valence-electron chi connectivity index (χ2n) is 7.20. The standard InChI is InChI=1S/C18H30N4O2/c19-14-18(9-11-21-12-10-18)22(13-8-16(20)23)17(24)7-6-15-4-2-1-3-5-15/h15,21H,1-13H2,(H2,20,23). The Labute approximate surface area is 144 Å². The van der Waals surface area contributed by atoms with Crippen LogP contribution < -0.4 is 11.1 Å². The molecule has 6 heteroatoms. The van der Waals surface area contributed by atoms with Gasteiger partial charge in [0.15, 0.2) is 0 Å². The summed E-state index contributed by atoms with van der Waals surface area (Å²) in [6, 6.07) is 2.37. The molecule has 1 aliphatic heterocycles. The first kappa shape index (κ1) is 18.7. The van der Waals surface area contributed by atoms with Gasteiger partial charge in [0.2, 0.25) is 11.8 Å². The van der Waals surface area contributed by atoms with Crippen LogP contribution in [0.5, 0.6) is 0 Å². The first-order valence-electron chi connectivity index (χ1n) is 9.28. The van der Waals surface area contributed by atoms with Crippen LogP contribution in [-0.4, -0.2) is 41.9 Å². The molecule has 24 heavy (non-hydrogen) atoms. The molecule has 0 aromatic heterocycles. The number of amides is 2. The smallest absolute Gasteiger partial charge is 0.223 e. The Hall–Kier alpha value is -1.61. The fourth-order valence-electron chi connectivity index (χ4n) is 4.02. The molecular formula is C18H30N4O2. The molecule has 1 saturated carbocycles. The summed E-state index contributed by atoms with van der Waals surface area (Å²) in [4.78, 5) is 25.7. The summed E-state index contributed by atoms with van der Waals surface area (Å²) in [5.41, 5.74) is 4.49. The number of hydrogen-bond acceptors (Lipinski definition) is 4. The van der Waals surface area contributed by atoms with E-state index in [0.717, 1.165) is 19.5 Å². The molecule has 0 aromatic rings. The third-order valence-electron chi connectivity index (χ3n) is 5.53. The minimum absolute atomic E-state index is 0.00488. The SMILES string of the molecule is N#CC1(N(CCC(N)=O)C(=O)CCC2CCCCC2)CCNCC1. The van der Waals surface area contributed by atoms with Gasteiger partial charge in [0, 0.05) is 19.4 Å². The van der Waals surface area contributed by atoms with Crippen molar-refractivity contribution < 1.29 is 9.59 Å². The summed E-state index contributed by atoms with van der Waals surface area (Å²) in [5, 5.41) is 13.0. The molecule has 1 aliphatic carbocycles. The Bertz CT molecular complexity index is 474. The normalized spacial score (nSPS) is 21.0. The van der Waals surface area contributed by atoms with Gasteiger partial charge in [-0.3, -0.25) is 9.59 Å². The number of carbonyl (C=O) groups excluding carboxylic acids is 2. The molecule has 0 aromatic carbocycles. The zero-order valence-electron chi connectivity index (χ0n) is 14.6. The van der Waals surface area contributed by atoms with Crippen molar-refractivity contribution >= 4 is 11.8 Å². The number of hydrogen-bond donors (Lipinski definition) is 2. The Morgan fingerprint density at radius 3 is 2.42 bits per heavy atom. The molecule has 0 bridgehead atoms. The monoisotopic (exact) mass is 334 g/mol. The van der Waals surface area contributed by atoms with Crippen molar-refractivity contribution in [2.45, 2.75) is 69.7 Å². The van der Waals surface area contributed by atoms with Crippen LogP contribution in [0.3, 0.4) is 0 Å². The predicted octanol–water partition coefficient (Wildman–Crippen LogP) is 1.70. The molecule has 2 fully saturated rings. The minimum Gasteiger partial charge on any atom is -0.370 e. The van der Waals surface area contributed by atoms with Gasteiger partial charge in [0.25, 0.3) is 0 Å². The highest BCUT2D eigenvalue weighted by Gasteiger charge is 2.40. The fraction of sp³-hybridized carbons (Fsp3) is 0.833. The van der Waals surface area contributed by atoms with E-state index in [0.29, 0.717) is 25.2 Å². The number of nitriles is 1. The molecule has 0 unspecified atom stereocenters. The molecule has 1 saturated heterocycles. The Kier molecular flexibility index (Phi) is 7.04. The summed E-state index contributed by atoms with van der Waals surface area (Å²) >= 11 is 0. The highest BCUT2D eigenvalue weighted by molar-refractivity contribution is 5.79. The van der Waals surface area contributed by atoms with E-state index in [1.54, 1.807) is 4.90 Å². The van der Waals surface area contributed by atoms with Crippen molar-refractivity contribution in [2.75, 3.05) is 19.6 Å². The van der Waals surface area contributed by atoms with Crippen LogP contribution in [0.15, 0.2) is 0 Å². The zero-order chi connectivity index (χ0) is 17.4. The summed E-state index contributed by atoms with van der Waals surface area (Å²) < 4.78 is 0. The highest BCUT2D eigenvalue weighted by atomic mass is 16.2. The van der Waals surface area contributed by atoms with Crippen LogP contribution >= 0.6 is 0 Å². The van der Waals surface area contributed by atoms with E-state index >= 15 is 0 Å². The minimum atomic E-state index is -0.787. The van der Waals surface area contributed by atoms with Crippen molar-refractivity contribution in [3.05, 3.63) is 0 Å². The van der Waals surface area contributed by atoms with Crippen LogP contribution in [-0.2, 0) is 9.59 Å².